The summed E-state index contributed by atoms with van der Waals surface area (Å²) in [6.07, 6.45) is 5.21. The number of aliphatic imine (C=N–C) groups is 1. The average Bonchev–Trinajstić information content (AvgIpc) is 3.02. The van der Waals surface area contributed by atoms with Gasteiger partial charge in [-0.2, -0.15) is 0 Å². The molecule has 0 radical (unpaired) electrons. The Kier molecular flexibility index (Phi) is 11.4. The number of guanidine groups is 1. The van der Waals surface area contributed by atoms with Crippen LogP contribution in [0.1, 0.15) is 37.8 Å². The van der Waals surface area contributed by atoms with E-state index in [-0.39, 0.29) is 24.0 Å². The summed E-state index contributed by atoms with van der Waals surface area (Å²) in [4.78, 5) is 8.01. The summed E-state index contributed by atoms with van der Waals surface area (Å²) in [5.74, 6) is 0.899. The first-order valence-electron chi connectivity index (χ1n) is 9.41. The predicted molar refractivity (Wildman–Crippen MR) is 122 cm³/mol. The summed E-state index contributed by atoms with van der Waals surface area (Å²) in [5.41, 5.74) is 3.89. The molecule has 26 heavy (non-hydrogen) atoms. The van der Waals surface area contributed by atoms with Gasteiger partial charge in [0.15, 0.2) is 5.96 Å². The largest absolute Gasteiger partial charge is 0.382 e. The van der Waals surface area contributed by atoms with Crippen molar-refractivity contribution in [3.8, 4) is 0 Å². The van der Waals surface area contributed by atoms with Crippen molar-refractivity contribution in [2.24, 2.45) is 4.99 Å². The van der Waals surface area contributed by atoms with E-state index >= 15 is 0 Å². The summed E-state index contributed by atoms with van der Waals surface area (Å²) in [5, 5.41) is 8.10. The average molecular weight is 472 g/mol. The smallest absolute Gasteiger partial charge is 0.191 e. The van der Waals surface area contributed by atoms with Gasteiger partial charge in [-0.1, -0.05) is 12.1 Å². The van der Waals surface area contributed by atoms with Crippen LogP contribution in [0.15, 0.2) is 29.4 Å². The van der Waals surface area contributed by atoms with Crippen LogP contribution < -0.4 is 10.6 Å². The van der Waals surface area contributed by atoms with Crippen molar-refractivity contribution in [1.29, 1.82) is 0 Å². The second-order valence-electron chi connectivity index (χ2n) is 6.15. The Balaban J connectivity index is 0.00000338. The fraction of sp³-hybridized carbons (Fsp3) is 0.550. The van der Waals surface area contributed by atoms with E-state index in [1.54, 1.807) is 0 Å². The van der Waals surface area contributed by atoms with E-state index in [1.807, 2.05) is 6.92 Å². The second kappa shape index (κ2) is 13.0. The van der Waals surface area contributed by atoms with Crippen molar-refractivity contribution in [2.45, 2.75) is 40.0 Å². The number of unbranched alkanes of at least 4 members (excludes halogenated alkanes) is 1. The van der Waals surface area contributed by atoms with Gasteiger partial charge in [-0.25, -0.2) is 0 Å². The van der Waals surface area contributed by atoms with E-state index in [0.29, 0.717) is 0 Å². The lowest BCUT2D eigenvalue weighted by Crippen LogP contribution is -2.38. The Morgan fingerprint density at radius 3 is 2.81 bits per heavy atom. The van der Waals surface area contributed by atoms with Gasteiger partial charge in [-0.05, 0) is 57.2 Å². The molecule has 1 heterocycles. The van der Waals surface area contributed by atoms with Crippen molar-refractivity contribution >= 4 is 40.8 Å². The molecule has 0 bridgehead atoms. The van der Waals surface area contributed by atoms with Gasteiger partial charge in [0, 0.05) is 49.9 Å². The van der Waals surface area contributed by atoms with Crippen LogP contribution in [0.5, 0.6) is 0 Å². The standard InChI is InChI=1S/C20H32N4O.HI/c1-4-21-20(22-12-6-7-14-25-5-2)23-13-11-17-15-24-18-10-8-9-16(3)19(17)18;/h8-10,15,24H,4-7,11-14H2,1-3H3,(H2,21,22,23);1H. The number of aromatic nitrogens is 1. The number of nitrogens with one attached hydrogen (secondary N) is 3. The molecular weight excluding hydrogens is 439 g/mol. The minimum absolute atomic E-state index is 0. The van der Waals surface area contributed by atoms with E-state index in [4.69, 9.17) is 4.74 Å². The monoisotopic (exact) mass is 472 g/mol. The maximum Gasteiger partial charge on any atom is 0.191 e. The molecule has 2 aromatic rings. The number of benzene rings is 1. The SMILES string of the molecule is CCNC(=NCCCCOCC)NCCc1c[nH]c2cccc(C)c12.I. The number of rotatable bonds is 10. The van der Waals surface area contributed by atoms with Crippen LogP contribution in [0.3, 0.4) is 0 Å². The summed E-state index contributed by atoms with van der Waals surface area (Å²) >= 11 is 0. The maximum absolute atomic E-state index is 5.36. The second-order valence-corrected chi connectivity index (χ2v) is 6.15. The van der Waals surface area contributed by atoms with Crippen LogP contribution in [0, 0.1) is 6.92 Å². The van der Waals surface area contributed by atoms with Gasteiger partial charge in [-0.3, -0.25) is 4.99 Å². The van der Waals surface area contributed by atoms with Crippen molar-refractivity contribution in [1.82, 2.24) is 15.6 Å². The molecule has 5 nitrogen and oxygen atoms in total. The predicted octanol–water partition coefficient (Wildman–Crippen LogP) is 4.01. The van der Waals surface area contributed by atoms with Crippen LogP contribution in [-0.4, -0.2) is 43.8 Å². The number of hydrogen-bond donors (Lipinski definition) is 3. The summed E-state index contributed by atoms with van der Waals surface area (Å²) in [6, 6.07) is 6.39. The number of nitrogens with zero attached hydrogens (tertiary/aromatic N) is 1. The van der Waals surface area contributed by atoms with Crippen LogP contribution >= 0.6 is 24.0 Å². The Morgan fingerprint density at radius 2 is 2.04 bits per heavy atom. The Bertz CT molecular complexity index is 669. The zero-order valence-electron chi connectivity index (χ0n) is 16.2. The fourth-order valence-electron chi connectivity index (χ4n) is 2.96. The van der Waals surface area contributed by atoms with Crippen LogP contribution in [0.4, 0.5) is 0 Å². The summed E-state index contributed by atoms with van der Waals surface area (Å²) < 4.78 is 5.36. The quantitative estimate of drug-likeness (QED) is 0.212. The minimum Gasteiger partial charge on any atom is -0.382 e. The van der Waals surface area contributed by atoms with Crippen molar-refractivity contribution in [3.05, 3.63) is 35.5 Å². The molecule has 0 aliphatic heterocycles. The third-order valence-electron chi connectivity index (χ3n) is 4.20. The molecule has 0 fully saturated rings. The lowest BCUT2D eigenvalue weighted by atomic mass is 10.1. The minimum atomic E-state index is 0. The summed E-state index contributed by atoms with van der Waals surface area (Å²) in [7, 11) is 0. The van der Waals surface area contributed by atoms with E-state index in [9.17, 15) is 0 Å². The first-order chi connectivity index (χ1) is 12.3. The number of fused-ring (bicyclic) bond motifs is 1. The number of aryl methyl sites for hydroxylation is 1. The Labute approximate surface area is 174 Å². The van der Waals surface area contributed by atoms with Gasteiger partial charge >= 0.3 is 0 Å². The highest BCUT2D eigenvalue weighted by molar-refractivity contribution is 14.0. The highest BCUT2D eigenvalue weighted by Crippen LogP contribution is 2.22. The highest BCUT2D eigenvalue weighted by Gasteiger charge is 2.06. The number of hydrogen-bond acceptors (Lipinski definition) is 2. The maximum atomic E-state index is 5.36. The molecule has 0 amide bonds. The number of H-pyrrole nitrogens is 1. The van der Waals surface area contributed by atoms with Crippen LogP contribution in [0.25, 0.3) is 10.9 Å². The van der Waals surface area contributed by atoms with E-state index < -0.39 is 0 Å². The molecular formula is C20H33IN4O. The van der Waals surface area contributed by atoms with Crippen LogP contribution in [-0.2, 0) is 11.2 Å². The molecule has 0 atom stereocenters. The highest BCUT2D eigenvalue weighted by atomic mass is 127. The normalized spacial score (nSPS) is 11.4. The Hall–Kier alpha value is -1.28. The fourth-order valence-corrected chi connectivity index (χ4v) is 2.96. The van der Waals surface area contributed by atoms with Gasteiger partial charge in [-0.15, -0.1) is 24.0 Å². The third kappa shape index (κ3) is 7.15. The topological polar surface area (TPSA) is 61.4 Å². The first-order valence-corrected chi connectivity index (χ1v) is 9.41. The summed E-state index contributed by atoms with van der Waals surface area (Å²) in [6.45, 7) is 10.5. The van der Waals surface area contributed by atoms with Gasteiger partial charge < -0.3 is 20.4 Å². The molecule has 3 N–H and O–H groups in total. The van der Waals surface area contributed by atoms with E-state index in [0.717, 1.165) is 58.1 Å². The number of aromatic amines is 1. The third-order valence-corrected chi connectivity index (χ3v) is 4.20. The zero-order valence-corrected chi connectivity index (χ0v) is 18.6. The van der Waals surface area contributed by atoms with Crippen LogP contribution in [0.2, 0.25) is 0 Å². The first kappa shape index (κ1) is 22.8. The Morgan fingerprint density at radius 1 is 1.19 bits per heavy atom. The molecule has 2 rings (SSSR count). The molecule has 1 aromatic carbocycles. The lowest BCUT2D eigenvalue weighted by Gasteiger charge is -2.11. The molecule has 0 aliphatic carbocycles. The van der Waals surface area contributed by atoms with Gasteiger partial charge in [0.05, 0.1) is 0 Å². The molecule has 6 heteroatoms. The molecule has 0 spiro atoms. The molecule has 0 unspecified atom stereocenters. The molecule has 0 saturated heterocycles. The molecule has 1 aromatic heterocycles. The van der Waals surface area contributed by atoms with Crippen molar-refractivity contribution in [3.63, 3.8) is 0 Å². The zero-order chi connectivity index (χ0) is 17.9. The van der Waals surface area contributed by atoms with E-state index in [1.165, 1.54) is 22.0 Å². The number of halogens is 1. The molecule has 146 valence electrons. The van der Waals surface area contributed by atoms with Crippen molar-refractivity contribution < 1.29 is 4.74 Å². The lowest BCUT2D eigenvalue weighted by molar-refractivity contribution is 0.144. The molecule has 0 saturated carbocycles. The van der Waals surface area contributed by atoms with Gasteiger partial charge in [0.2, 0.25) is 0 Å². The van der Waals surface area contributed by atoms with Gasteiger partial charge in [0.1, 0.15) is 0 Å². The van der Waals surface area contributed by atoms with Crippen molar-refractivity contribution in [2.75, 3.05) is 32.8 Å². The van der Waals surface area contributed by atoms with E-state index in [2.05, 4.69) is 58.9 Å². The number of ether oxygens (including phenoxy) is 1. The molecule has 0 aliphatic rings. The van der Waals surface area contributed by atoms with Gasteiger partial charge in [0.25, 0.3) is 0 Å².